The number of carbonyl (C=O) groups is 1. The molecule has 0 saturated carbocycles. The van der Waals surface area contributed by atoms with Crippen LogP contribution in [0.15, 0.2) is 41.0 Å². The second-order valence-electron chi connectivity index (χ2n) is 3.53. The van der Waals surface area contributed by atoms with Crippen molar-refractivity contribution in [2.24, 2.45) is 0 Å². The number of nitrogens with zero attached hydrogens (tertiary/aromatic N) is 1. The van der Waals surface area contributed by atoms with E-state index in [-0.39, 0.29) is 5.91 Å². The molecule has 0 saturated heterocycles. The van der Waals surface area contributed by atoms with E-state index in [1.54, 1.807) is 36.5 Å². The first-order chi connectivity index (χ1) is 8.58. The summed E-state index contributed by atoms with van der Waals surface area (Å²) in [5.74, 6) is -0.00624. The van der Waals surface area contributed by atoms with E-state index in [1.165, 1.54) is 0 Å². The quantitative estimate of drug-likeness (QED) is 0.832. The molecule has 1 amide bonds. The van der Waals surface area contributed by atoms with Crippen LogP contribution in [0.25, 0.3) is 0 Å². The van der Waals surface area contributed by atoms with Gasteiger partial charge in [0.15, 0.2) is 5.82 Å². The molecular weight excluding hydrogens is 318 g/mol. The lowest BCUT2D eigenvalue weighted by molar-refractivity contribution is 0.102. The number of nitrogens with one attached hydrogen (secondary N) is 1. The summed E-state index contributed by atoms with van der Waals surface area (Å²) in [6.45, 7) is 0. The highest BCUT2D eigenvalue weighted by Crippen LogP contribution is 2.22. The molecule has 0 unspecified atom stereocenters. The van der Waals surface area contributed by atoms with Crippen LogP contribution in [-0.4, -0.2) is 10.9 Å². The van der Waals surface area contributed by atoms with E-state index in [1.807, 2.05) is 0 Å². The fraction of sp³-hybridized carbons (Fsp3) is 0. The molecule has 0 atom stereocenters. The van der Waals surface area contributed by atoms with Crippen LogP contribution >= 0.6 is 27.5 Å². The summed E-state index contributed by atoms with van der Waals surface area (Å²) in [5.41, 5.74) is 6.58. The van der Waals surface area contributed by atoms with Gasteiger partial charge in [0, 0.05) is 16.4 Å². The van der Waals surface area contributed by atoms with Gasteiger partial charge in [0.1, 0.15) is 0 Å². The van der Waals surface area contributed by atoms with Gasteiger partial charge in [-0.1, -0.05) is 11.6 Å². The van der Waals surface area contributed by atoms with Gasteiger partial charge in [-0.2, -0.15) is 0 Å². The van der Waals surface area contributed by atoms with Crippen molar-refractivity contribution >= 4 is 44.9 Å². The molecule has 0 aliphatic rings. The highest BCUT2D eigenvalue weighted by molar-refractivity contribution is 9.10. The van der Waals surface area contributed by atoms with Crippen molar-refractivity contribution in [1.29, 1.82) is 0 Å². The number of amides is 1. The van der Waals surface area contributed by atoms with Crippen molar-refractivity contribution in [1.82, 2.24) is 4.98 Å². The Morgan fingerprint density at radius 3 is 2.89 bits per heavy atom. The zero-order valence-electron chi connectivity index (χ0n) is 9.15. The molecule has 3 N–H and O–H groups in total. The van der Waals surface area contributed by atoms with Crippen molar-refractivity contribution in [2.75, 3.05) is 11.1 Å². The summed E-state index contributed by atoms with van der Waals surface area (Å²) >= 11 is 9.21. The van der Waals surface area contributed by atoms with Gasteiger partial charge in [-0.15, -0.1) is 0 Å². The molecule has 92 valence electrons. The third-order valence-electron chi connectivity index (χ3n) is 2.23. The molecule has 1 aromatic heterocycles. The summed E-state index contributed by atoms with van der Waals surface area (Å²) in [6, 6.07) is 8.34. The Balaban J connectivity index is 2.28. The van der Waals surface area contributed by atoms with E-state index in [0.29, 0.717) is 26.6 Å². The second-order valence-corrected chi connectivity index (χ2v) is 4.79. The summed E-state index contributed by atoms with van der Waals surface area (Å²) in [7, 11) is 0. The van der Waals surface area contributed by atoms with E-state index < -0.39 is 0 Å². The number of aromatic nitrogens is 1. The fourth-order valence-corrected chi connectivity index (χ4v) is 1.96. The monoisotopic (exact) mass is 325 g/mol. The molecule has 6 heteroatoms. The molecular formula is C12H9BrClN3O. The first-order valence-electron chi connectivity index (χ1n) is 5.05. The van der Waals surface area contributed by atoms with Crippen LogP contribution in [-0.2, 0) is 0 Å². The fourth-order valence-electron chi connectivity index (χ4n) is 1.37. The number of pyridine rings is 1. The number of rotatable bonds is 2. The molecule has 0 radical (unpaired) electrons. The van der Waals surface area contributed by atoms with E-state index in [4.69, 9.17) is 17.3 Å². The summed E-state index contributed by atoms with van der Waals surface area (Å²) in [4.78, 5) is 16.0. The van der Waals surface area contributed by atoms with Crippen molar-refractivity contribution in [3.05, 3.63) is 51.6 Å². The van der Waals surface area contributed by atoms with Gasteiger partial charge < -0.3 is 11.1 Å². The summed E-state index contributed by atoms with van der Waals surface area (Å²) < 4.78 is 0.654. The standard InChI is InChI=1S/C12H9BrClN3O/c13-9-4-3-7(15)6-8(9)12(18)17-11-10(14)2-1-5-16-11/h1-6H,15H2,(H,16,17,18). The van der Waals surface area contributed by atoms with Crippen LogP contribution in [0.4, 0.5) is 11.5 Å². The van der Waals surface area contributed by atoms with Gasteiger partial charge in [-0.3, -0.25) is 4.79 Å². The smallest absolute Gasteiger partial charge is 0.258 e. The van der Waals surface area contributed by atoms with Crippen molar-refractivity contribution in [3.63, 3.8) is 0 Å². The van der Waals surface area contributed by atoms with Gasteiger partial charge in [0.05, 0.1) is 10.6 Å². The largest absolute Gasteiger partial charge is 0.399 e. The molecule has 0 spiro atoms. The van der Waals surface area contributed by atoms with Crippen molar-refractivity contribution in [2.45, 2.75) is 0 Å². The molecule has 2 aromatic rings. The number of hydrogen-bond acceptors (Lipinski definition) is 3. The molecule has 1 heterocycles. The number of halogens is 2. The van der Waals surface area contributed by atoms with Gasteiger partial charge in [-0.05, 0) is 46.3 Å². The Morgan fingerprint density at radius 2 is 2.17 bits per heavy atom. The lowest BCUT2D eigenvalue weighted by Crippen LogP contribution is -2.14. The summed E-state index contributed by atoms with van der Waals surface area (Å²) in [5, 5.41) is 3.01. The second kappa shape index (κ2) is 5.37. The van der Waals surface area contributed by atoms with Crippen LogP contribution in [0.1, 0.15) is 10.4 Å². The Morgan fingerprint density at radius 1 is 1.39 bits per heavy atom. The zero-order valence-corrected chi connectivity index (χ0v) is 11.5. The van der Waals surface area contributed by atoms with Gasteiger partial charge in [0.25, 0.3) is 5.91 Å². The maximum atomic E-state index is 12.0. The Hall–Kier alpha value is -1.59. The average molecular weight is 327 g/mol. The lowest BCUT2D eigenvalue weighted by atomic mass is 10.2. The predicted molar refractivity (Wildman–Crippen MR) is 75.8 cm³/mol. The number of nitrogens with two attached hydrogens (primary N) is 1. The molecule has 4 nitrogen and oxygen atoms in total. The molecule has 2 rings (SSSR count). The molecule has 0 aliphatic carbocycles. The highest BCUT2D eigenvalue weighted by Gasteiger charge is 2.12. The van der Waals surface area contributed by atoms with Crippen LogP contribution in [0.3, 0.4) is 0 Å². The van der Waals surface area contributed by atoms with Crippen LogP contribution in [0, 0.1) is 0 Å². The normalized spacial score (nSPS) is 10.1. The molecule has 0 aliphatic heterocycles. The minimum Gasteiger partial charge on any atom is -0.399 e. The van der Waals surface area contributed by atoms with E-state index in [2.05, 4.69) is 26.2 Å². The number of carbonyl (C=O) groups excluding carboxylic acids is 1. The number of benzene rings is 1. The molecule has 0 bridgehead atoms. The highest BCUT2D eigenvalue weighted by atomic mass is 79.9. The number of nitrogen functional groups attached to an aromatic ring is 1. The van der Waals surface area contributed by atoms with E-state index in [0.717, 1.165) is 0 Å². The Bertz CT molecular complexity index is 604. The SMILES string of the molecule is Nc1ccc(Br)c(C(=O)Nc2ncccc2Cl)c1. The minimum atomic E-state index is -0.324. The van der Waals surface area contributed by atoms with E-state index >= 15 is 0 Å². The average Bonchev–Trinajstić information content (AvgIpc) is 2.35. The first kappa shape index (κ1) is 12.9. The van der Waals surface area contributed by atoms with Crippen LogP contribution in [0.2, 0.25) is 5.02 Å². The molecule has 0 fully saturated rings. The third kappa shape index (κ3) is 2.80. The van der Waals surface area contributed by atoms with E-state index in [9.17, 15) is 4.79 Å². The van der Waals surface area contributed by atoms with Gasteiger partial charge in [0.2, 0.25) is 0 Å². The maximum Gasteiger partial charge on any atom is 0.258 e. The van der Waals surface area contributed by atoms with Crippen molar-refractivity contribution in [3.8, 4) is 0 Å². The first-order valence-corrected chi connectivity index (χ1v) is 6.22. The maximum absolute atomic E-state index is 12.0. The summed E-state index contributed by atoms with van der Waals surface area (Å²) in [6.07, 6.45) is 1.55. The van der Waals surface area contributed by atoms with Gasteiger partial charge >= 0.3 is 0 Å². The van der Waals surface area contributed by atoms with Crippen LogP contribution < -0.4 is 11.1 Å². The Kier molecular flexibility index (Phi) is 3.84. The van der Waals surface area contributed by atoms with Crippen molar-refractivity contribution < 1.29 is 4.79 Å². The van der Waals surface area contributed by atoms with Crippen LogP contribution in [0.5, 0.6) is 0 Å². The molecule has 1 aromatic carbocycles. The Labute approximate surface area is 117 Å². The zero-order chi connectivity index (χ0) is 13.1. The minimum absolute atomic E-state index is 0.318. The van der Waals surface area contributed by atoms with Gasteiger partial charge in [-0.25, -0.2) is 4.98 Å². The number of hydrogen-bond donors (Lipinski definition) is 2. The topological polar surface area (TPSA) is 68.0 Å². The molecule has 18 heavy (non-hydrogen) atoms. The third-order valence-corrected chi connectivity index (χ3v) is 3.22. The lowest BCUT2D eigenvalue weighted by Gasteiger charge is -2.08. The number of anilines is 2. The predicted octanol–water partition coefficient (Wildman–Crippen LogP) is 3.33.